The smallest absolute Gasteiger partial charge is 0.330 e. The molecule has 116 valence electrons. The molecule has 0 aromatic carbocycles. The van der Waals surface area contributed by atoms with Gasteiger partial charge in [-0.05, 0) is 13.3 Å². The molecule has 0 aliphatic carbocycles. The van der Waals surface area contributed by atoms with Crippen molar-refractivity contribution in [2.24, 2.45) is 0 Å². The summed E-state index contributed by atoms with van der Waals surface area (Å²) >= 11 is 0. The van der Waals surface area contributed by atoms with Crippen molar-refractivity contribution in [2.45, 2.75) is 13.3 Å². The van der Waals surface area contributed by atoms with Gasteiger partial charge in [0.25, 0.3) is 0 Å². The first-order valence-corrected chi connectivity index (χ1v) is 6.54. The standard InChI is InChI=1S/C14H24O6/c1-3-17-7-8-19-11-12-20-10-9-18-6-4-5-13(2)14(15)16/h3,5H,1,4,6-12H2,2H3,(H,15,16). The molecule has 0 spiro atoms. The van der Waals surface area contributed by atoms with Crippen LogP contribution in [0, 0.1) is 0 Å². The van der Waals surface area contributed by atoms with E-state index < -0.39 is 5.97 Å². The van der Waals surface area contributed by atoms with E-state index in [0.29, 0.717) is 58.2 Å². The largest absolute Gasteiger partial charge is 0.499 e. The van der Waals surface area contributed by atoms with E-state index in [1.807, 2.05) is 0 Å². The Bertz CT molecular complexity index is 287. The molecule has 0 aromatic heterocycles. The molecule has 0 bridgehead atoms. The highest BCUT2D eigenvalue weighted by molar-refractivity contribution is 5.85. The molecule has 0 unspecified atom stereocenters. The Hall–Kier alpha value is -1.37. The molecule has 0 amide bonds. The summed E-state index contributed by atoms with van der Waals surface area (Å²) in [4.78, 5) is 10.5. The summed E-state index contributed by atoms with van der Waals surface area (Å²) in [6.45, 7) is 8.48. The van der Waals surface area contributed by atoms with Gasteiger partial charge in [0.1, 0.15) is 6.61 Å². The van der Waals surface area contributed by atoms with Crippen LogP contribution in [0.25, 0.3) is 0 Å². The predicted octanol–water partition coefficient (Wildman–Crippen LogP) is 1.62. The molecule has 0 saturated heterocycles. The lowest BCUT2D eigenvalue weighted by molar-refractivity contribution is -0.132. The fourth-order valence-electron chi connectivity index (χ4n) is 1.18. The van der Waals surface area contributed by atoms with Crippen molar-refractivity contribution in [3.63, 3.8) is 0 Å². The molecule has 6 heteroatoms. The fourth-order valence-corrected chi connectivity index (χ4v) is 1.18. The van der Waals surface area contributed by atoms with Crippen molar-refractivity contribution in [1.82, 2.24) is 0 Å². The van der Waals surface area contributed by atoms with E-state index in [2.05, 4.69) is 6.58 Å². The Morgan fingerprint density at radius 1 is 1.00 bits per heavy atom. The van der Waals surface area contributed by atoms with E-state index in [0.717, 1.165) is 0 Å². The zero-order chi connectivity index (χ0) is 15.1. The lowest BCUT2D eigenvalue weighted by Gasteiger charge is -2.06. The summed E-state index contributed by atoms with van der Waals surface area (Å²) in [5.74, 6) is -0.896. The van der Waals surface area contributed by atoms with E-state index in [9.17, 15) is 4.79 Å². The topological polar surface area (TPSA) is 74.2 Å². The third-order valence-corrected chi connectivity index (χ3v) is 2.26. The molecule has 1 N–H and O–H groups in total. The van der Waals surface area contributed by atoms with Gasteiger partial charge in [-0.25, -0.2) is 4.79 Å². The molecule has 0 aliphatic heterocycles. The molecule has 0 aliphatic rings. The summed E-state index contributed by atoms with van der Waals surface area (Å²) in [6, 6.07) is 0. The number of carboxylic acids is 1. The van der Waals surface area contributed by atoms with Crippen LogP contribution in [0.4, 0.5) is 0 Å². The second kappa shape index (κ2) is 14.0. The zero-order valence-electron chi connectivity index (χ0n) is 12.0. The van der Waals surface area contributed by atoms with Crippen LogP contribution in [0.2, 0.25) is 0 Å². The molecule has 0 saturated carbocycles. The van der Waals surface area contributed by atoms with Crippen molar-refractivity contribution >= 4 is 5.97 Å². The van der Waals surface area contributed by atoms with Crippen LogP contribution in [-0.2, 0) is 23.7 Å². The maximum absolute atomic E-state index is 10.5. The Labute approximate surface area is 120 Å². The molecule has 0 rings (SSSR count). The van der Waals surface area contributed by atoms with Crippen molar-refractivity contribution in [1.29, 1.82) is 0 Å². The SMILES string of the molecule is C=COCCOCCOCCOCCC=C(C)C(=O)O. The molecule has 0 atom stereocenters. The van der Waals surface area contributed by atoms with Gasteiger partial charge in [-0.1, -0.05) is 12.7 Å². The van der Waals surface area contributed by atoms with Crippen LogP contribution in [0.1, 0.15) is 13.3 Å². The highest BCUT2D eigenvalue weighted by Gasteiger charge is 1.97. The normalized spacial score (nSPS) is 11.3. The second-order valence-corrected chi connectivity index (χ2v) is 3.86. The van der Waals surface area contributed by atoms with Gasteiger partial charge in [0.15, 0.2) is 0 Å². The van der Waals surface area contributed by atoms with E-state index in [4.69, 9.17) is 24.1 Å². The summed E-state index contributed by atoms with van der Waals surface area (Å²) in [7, 11) is 0. The molecular weight excluding hydrogens is 264 g/mol. The monoisotopic (exact) mass is 288 g/mol. The van der Waals surface area contributed by atoms with Gasteiger partial charge < -0.3 is 24.1 Å². The third kappa shape index (κ3) is 13.1. The number of carboxylic acid groups (broad SMARTS) is 1. The number of hydrogen-bond donors (Lipinski definition) is 1. The second-order valence-electron chi connectivity index (χ2n) is 3.86. The Morgan fingerprint density at radius 3 is 2.00 bits per heavy atom. The maximum Gasteiger partial charge on any atom is 0.330 e. The van der Waals surface area contributed by atoms with Crippen LogP contribution in [-0.4, -0.2) is 57.3 Å². The zero-order valence-corrected chi connectivity index (χ0v) is 12.0. The molecule has 0 heterocycles. The first kappa shape index (κ1) is 18.6. The van der Waals surface area contributed by atoms with Gasteiger partial charge in [-0.2, -0.15) is 0 Å². The average molecular weight is 288 g/mol. The Balaban J connectivity index is 3.15. The molecule has 0 fully saturated rings. The number of aliphatic carboxylic acids is 1. The molecule has 20 heavy (non-hydrogen) atoms. The molecule has 6 nitrogen and oxygen atoms in total. The Kier molecular flexibility index (Phi) is 13.1. The Morgan fingerprint density at radius 2 is 1.50 bits per heavy atom. The minimum atomic E-state index is -0.896. The minimum Gasteiger partial charge on any atom is -0.499 e. The van der Waals surface area contributed by atoms with Gasteiger partial charge in [-0.3, -0.25) is 0 Å². The van der Waals surface area contributed by atoms with E-state index in [1.54, 1.807) is 13.0 Å². The van der Waals surface area contributed by atoms with Crippen LogP contribution in [0.15, 0.2) is 24.5 Å². The van der Waals surface area contributed by atoms with Crippen LogP contribution >= 0.6 is 0 Å². The summed E-state index contributed by atoms with van der Waals surface area (Å²) in [5.41, 5.74) is 0.336. The van der Waals surface area contributed by atoms with Gasteiger partial charge in [-0.15, -0.1) is 0 Å². The lowest BCUT2D eigenvalue weighted by atomic mass is 10.2. The number of hydrogen-bond acceptors (Lipinski definition) is 5. The van der Waals surface area contributed by atoms with Crippen LogP contribution in [0.5, 0.6) is 0 Å². The third-order valence-electron chi connectivity index (χ3n) is 2.26. The highest BCUT2D eigenvalue weighted by Crippen LogP contribution is 1.95. The summed E-state index contributed by atoms with van der Waals surface area (Å²) < 4.78 is 20.7. The maximum atomic E-state index is 10.5. The van der Waals surface area contributed by atoms with E-state index >= 15 is 0 Å². The van der Waals surface area contributed by atoms with Crippen LogP contribution < -0.4 is 0 Å². The van der Waals surface area contributed by atoms with Crippen molar-refractivity contribution in [3.8, 4) is 0 Å². The van der Waals surface area contributed by atoms with Crippen molar-refractivity contribution in [3.05, 3.63) is 24.5 Å². The van der Waals surface area contributed by atoms with Crippen LogP contribution in [0.3, 0.4) is 0 Å². The van der Waals surface area contributed by atoms with Crippen molar-refractivity contribution in [2.75, 3.05) is 46.2 Å². The minimum absolute atomic E-state index is 0.336. The lowest BCUT2D eigenvalue weighted by Crippen LogP contribution is -2.11. The van der Waals surface area contributed by atoms with Gasteiger partial charge in [0.05, 0.1) is 45.9 Å². The number of carbonyl (C=O) groups is 1. The van der Waals surface area contributed by atoms with E-state index in [-0.39, 0.29) is 0 Å². The molecule has 0 radical (unpaired) electrons. The number of rotatable bonds is 14. The first-order chi connectivity index (χ1) is 9.68. The van der Waals surface area contributed by atoms with Gasteiger partial charge >= 0.3 is 5.97 Å². The van der Waals surface area contributed by atoms with Gasteiger partial charge in [0, 0.05) is 5.57 Å². The average Bonchev–Trinajstić information content (AvgIpc) is 2.43. The first-order valence-electron chi connectivity index (χ1n) is 6.54. The highest BCUT2D eigenvalue weighted by atomic mass is 16.6. The molecule has 0 aromatic rings. The van der Waals surface area contributed by atoms with E-state index in [1.165, 1.54) is 6.26 Å². The summed E-state index contributed by atoms with van der Waals surface area (Å²) in [6.07, 6.45) is 3.61. The summed E-state index contributed by atoms with van der Waals surface area (Å²) in [5, 5.41) is 8.62. The predicted molar refractivity (Wildman–Crippen MR) is 74.6 cm³/mol. The number of ether oxygens (including phenoxy) is 4. The quantitative estimate of drug-likeness (QED) is 0.297. The fraction of sp³-hybridized carbons (Fsp3) is 0.643. The molecular formula is C14H24O6. The van der Waals surface area contributed by atoms with Crippen molar-refractivity contribution < 1.29 is 28.8 Å². The van der Waals surface area contributed by atoms with Gasteiger partial charge in [0.2, 0.25) is 0 Å².